The molecule has 2 rings (SSSR count). The van der Waals surface area contributed by atoms with Gasteiger partial charge in [-0.1, -0.05) is 6.07 Å². The summed E-state index contributed by atoms with van der Waals surface area (Å²) in [5.41, 5.74) is 3.67. The molecule has 0 bridgehead atoms. The molecular weight excluding hydrogens is 259 g/mol. The van der Waals surface area contributed by atoms with E-state index >= 15 is 0 Å². The van der Waals surface area contributed by atoms with Gasteiger partial charge in [0.1, 0.15) is 0 Å². The van der Waals surface area contributed by atoms with Crippen molar-refractivity contribution in [2.45, 2.75) is 43.7 Å². The Hall–Kier alpha value is -1.17. The second-order valence-corrected chi connectivity index (χ2v) is 5.48. The highest BCUT2D eigenvalue weighted by Gasteiger charge is 2.38. The second kappa shape index (κ2) is 6.52. The monoisotopic (exact) mass is 282 g/mol. The Morgan fingerprint density at radius 2 is 2.15 bits per heavy atom. The number of ether oxygens (including phenoxy) is 2. The topological polar surface area (TPSA) is 56.5 Å². The number of rotatable bonds is 7. The van der Waals surface area contributed by atoms with Crippen LogP contribution in [0.15, 0.2) is 18.2 Å². The molecule has 20 heavy (non-hydrogen) atoms. The summed E-state index contributed by atoms with van der Waals surface area (Å²) in [7, 11) is 3.21. The minimum atomic E-state index is -0.342. The lowest BCUT2D eigenvalue weighted by Crippen LogP contribution is -2.48. The Labute approximate surface area is 119 Å². The summed E-state index contributed by atoms with van der Waals surface area (Å²) in [4.78, 5) is 0. The molecule has 0 spiro atoms. The number of hydrogen-bond acceptors (Lipinski definition) is 4. The first-order chi connectivity index (χ1) is 9.62. The third-order valence-corrected chi connectivity index (χ3v) is 4.25. The molecule has 112 valence electrons. The molecule has 3 N–H and O–H groups in total. The quantitative estimate of drug-likeness (QED) is 0.594. The van der Waals surface area contributed by atoms with Crippen LogP contribution in [0.25, 0.3) is 0 Å². The normalized spacial score (nSPS) is 18.4. The zero-order valence-corrected chi connectivity index (χ0v) is 12.1. The van der Waals surface area contributed by atoms with Crippen LogP contribution in [0.4, 0.5) is 4.39 Å². The van der Waals surface area contributed by atoms with Crippen molar-refractivity contribution in [3.05, 3.63) is 29.6 Å². The fourth-order valence-corrected chi connectivity index (χ4v) is 2.82. The van der Waals surface area contributed by atoms with E-state index in [2.05, 4.69) is 5.43 Å². The van der Waals surface area contributed by atoms with Gasteiger partial charge in [0.05, 0.1) is 12.7 Å². The minimum absolute atomic E-state index is 0.0535. The zero-order valence-electron chi connectivity index (χ0n) is 12.1. The third kappa shape index (κ3) is 3.29. The highest BCUT2D eigenvalue weighted by atomic mass is 19.1. The van der Waals surface area contributed by atoms with E-state index in [4.69, 9.17) is 15.3 Å². The van der Waals surface area contributed by atoms with Crippen LogP contribution in [0, 0.1) is 5.82 Å². The fraction of sp³-hybridized carbons (Fsp3) is 0.600. The van der Waals surface area contributed by atoms with Gasteiger partial charge in [-0.05, 0) is 49.8 Å². The lowest BCUT2D eigenvalue weighted by atomic mass is 9.75. The van der Waals surface area contributed by atoms with Crippen LogP contribution >= 0.6 is 0 Å². The lowest BCUT2D eigenvalue weighted by Gasteiger charge is -2.42. The summed E-state index contributed by atoms with van der Waals surface area (Å²) in [5.74, 6) is 5.55. The van der Waals surface area contributed by atoms with Gasteiger partial charge in [-0.15, -0.1) is 0 Å². The first-order valence-electron chi connectivity index (χ1n) is 6.96. The first kappa shape index (κ1) is 15.2. The SMILES string of the molecule is COc1ccc(CC(CC2(OC)CCC2)NN)cc1F. The summed E-state index contributed by atoms with van der Waals surface area (Å²) in [6.07, 6.45) is 4.84. The molecule has 1 atom stereocenters. The van der Waals surface area contributed by atoms with Crippen LogP contribution in [0.1, 0.15) is 31.2 Å². The fourth-order valence-electron chi connectivity index (χ4n) is 2.82. The van der Waals surface area contributed by atoms with Gasteiger partial charge in [-0.3, -0.25) is 11.3 Å². The van der Waals surface area contributed by atoms with Crippen molar-refractivity contribution in [2.24, 2.45) is 5.84 Å². The van der Waals surface area contributed by atoms with E-state index < -0.39 is 0 Å². The summed E-state index contributed by atoms with van der Waals surface area (Å²) in [5, 5.41) is 0. The number of hydrogen-bond donors (Lipinski definition) is 2. The van der Waals surface area contributed by atoms with Gasteiger partial charge in [0.15, 0.2) is 11.6 Å². The van der Waals surface area contributed by atoms with Crippen molar-refractivity contribution in [3.63, 3.8) is 0 Å². The van der Waals surface area contributed by atoms with Crippen molar-refractivity contribution < 1.29 is 13.9 Å². The van der Waals surface area contributed by atoms with E-state index in [9.17, 15) is 4.39 Å². The van der Waals surface area contributed by atoms with Gasteiger partial charge < -0.3 is 9.47 Å². The molecule has 5 heteroatoms. The zero-order chi connectivity index (χ0) is 14.6. The molecule has 0 heterocycles. The van der Waals surface area contributed by atoms with Crippen molar-refractivity contribution >= 4 is 0 Å². The van der Waals surface area contributed by atoms with Crippen molar-refractivity contribution in [1.29, 1.82) is 0 Å². The van der Waals surface area contributed by atoms with E-state index in [-0.39, 0.29) is 23.2 Å². The minimum Gasteiger partial charge on any atom is -0.494 e. The number of methoxy groups -OCH3 is 2. The maximum Gasteiger partial charge on any atom is 0.165 e. The Morgan fingerprint density at radius 1 is 1.40 bits per heavy atom. The molecule has 1 aromatic rings. The van der Waals surface area contributed by atoms with Gasteiger partial charge >= 0.3 is 0 Å². The molecule has 1 aliphatic rings. The van der Waals surface area contributed by atoms with Crippen LogP contribution in [0.2, 0.25) is 0 Å². The summed E-state index contributed by atoms with van der Waals surface area (Å²) in [6, 6.07) is 5.09. The maximum atomic E-state index is 13.7. The number of nitrogens with two attached hydrogens (primary N) is 1. The third-order valence-electron chi connectivity index (χ3n) is 4.25. The average molecular weight is 282 g/mol. The van der Waals surface area contributed by atoms with E-state index in [1.807, 2.05) is 6.07 Å². The maximum absolute atomic E-state index is 13.7. The molecule has 0 aromatic heterocycles. The molecule has 4 nitrogen and oxygen atoms in total. The van der Waals surface area contributed by atoms with Gasteiger partial charge in [0.25, 0.3) is 0 Å². The van der Waals surface area contributed by atoms with Crippen molar-refractivity contribution in [2.75, 3.05) is 14.2 Å². The van der Waals surface area contributed by atoms with Crippen LogP contribution < -0.4 is 16.0 Å². The van der Waals surface area contributed by atoms with Crippen LogP contribution in [-0.2, 0) is 11.2 Å². The van der Waals surface area contributed by atoms with E-state index in [0.29, 0.717) is 6.42 Å². The summed E-state index contributed by atoms with van der Waals surface area (Å²) < 4.78 is 24.2. The molecule has 1 fully saturated rings. The summed E-state index contributed by atoms with van der Waals surface area (Å²) in [6.45, 7) is 0. The number of hydrazine groups is 1. The highest BCUT2D eigenvalue weighted by molar-refractivity contribution is 5.29. The predicted molar refractivity (Wildman–Crippen MR) is 76.0 cm³/mol. The first-order valence-corrected chi connectivity index (χ1v) is 6.96. The van der Waals surface area contributed by atoms with Gasteiger partial charge in [0, 0.05) is 13.2 Å². The highest BCUT2D eigenvalue weighted by Crippen LogP contribution is 2.39. The molecule has 1 unspecified atom stereocenters. The predicted octanol–water partition coefficient (Wildman–Crippen LogP) is 2.17. The number of benzene rings is 1. The van der Waals surface area contributed by atoms with Crippen molar-refractivity contribution in [3.8, 4) is 5.75 Å². The lowest BCUT2D eigenvalue weighted by molar-refractivity contribution is -0.0834. The van der Waals surface area contributed by atoms with E-state index in [1.165, 1.54) is 19.6 Å². The second-order valence-electron chi connectivity index (χ2n) is 5.48. The van der Waals surface area contributed by atoms with Crippen molar-refractivity contribution in [1.82, 2.24) is 5.43 Å². The largest absolute Gasteiger partial charge is 0.494 e. The molecule has 1 aliphatic carbocycles. The van der Waals surface area contributed by atoms with E-state index in [1.54, 1.807) is 13.2 Å². The van der Waals surface area contributed by atoms with Gasteiger partial charge in [-0.2, -0.15) is 0 Å². The molecule has 1 saturated carbocycles. The van der Waals surface area contributed by atoms with Crippen LogP contribution in [-0.4, -0.2) is 25.9 Å². The molecular formula is C15H23FN2O2. The smallest absolute Gasteiger partial charge is 0.165 e. The standard InChI is InChI=1S/C15H23FN2O2/c1-19-14-5-4-11(9-13(14)16)8-12(18-17)10-15(20-2)6-3-7-15/h4-5,9,12,18H,3,6-8,10,17H2,1-2H3. The Bertz CT molecular complexity index is 444. The van der Waals surface area contributed by atoms with Gasteiger partial charge in [0.2, 0.25) is 0 Å². The summed E-state index contributed by atoms with van der Waals surface area (Å²) >= 11 is 0. The average Bonchev–Trinajstić information content (AvgIpc) is 2.41. The molecule has 0 aliphatic heterocycles. The van der Waals surface area contributed by atoms with Crippen LogP contribution in [0.3, 0.4) is 0 Å². The molecule has 0 radical (unpaired) electrons. The van der Waals surface area contributed by atoms with Gasteiger partial charge in [-0.25, -0.2) is 4.39 Å². The number of halogens is 1. The Kier molecular flexibility index (Phi) is 4.96. The number of nitrogens with one attached hydrogen (secondary N) is 1. The molecule has 0 saturated heterocycles. The Balaban J connectivity index is 2.00. The Morgan fingerprint density at radius 3 is 2.60 bits per heavy atom. The molecule has 0 amide bonds. The van der Waals surface area contributed by atoms with Crippen LogP contribution in [0.5, 0.6) is 5.75 Å². The van der Waals surface area contributed by atoms with E-state index in [0.717, 1.165) is 24.8 Å². The molecule has 1 aromatic carbocycles.